The van der Waals surface area contributed by atoms with E-state index in [0.29, 0.717) is 43.9 Å². The van der Waals surface area contributed by atoms with E-state index in [-0.39, 0.29) is 30.8 Å². The molecule has 33 heavy (non-hydrogen) atoms. The van der Waals surface area contributed by atoms with Crippen LogP contribution in [-0.2, 0) is 4.74 Å². The maximum Gasteiger partial charge on any atom is 0.391 e. The Morgan fingerprint density at radius 3 is 2.70 bits per heavy atom. The van der Waals surface area contributed by atoms with Crippen molar-refractivity contribution in [1.29, 1.82) is 0 Å². The average molecular weight is 480 g/mol. The molecule has 3 aromatic heterocycles. The fourth-order valence-electron chi connectivity index (χ4n) is 4.78. The van der Waals surface area contributed by atoms with Gasteiger partial charge in [0.25, 0.3) is 5.91 Å². The second-order valence-electron chi connectivity index (χ2n) is 8.74. The summed E-state index contributed by atoms with van der Waals surface area (Å²) >= 11 is 1.38. The van der Waals surface area contributed by atoms with Gasteiger partial charge in [0, 0.05) is 29.6 Å². The highest BCUT2D eigenvalue weighted by molar-refractivity contribution is 7.07. The van der Waals surface area contributed by atoms with Gasteiger partial charge in [0.1, 0.15) is 11.8 Å². The monoisotopic (exact) mass is 479 g/mol. The molecule has 2 aliphatic rings. The summed E-state index contributed by atoms with van der Waals surface area (Å²) in [6.07, 6.45) is -3.35. The fraction of sp³-hybridized carbons (Fsp3) is 0.545. The van der Waals surface area contributed by atoms with E-state index in [9.17, 15) is 18.0 Å². The van der Waals surface area contributed by atoms with E-state index in [1.54, 1.807) is 20.3 Å². The number of fused-ring (bicyclic) bond motifs is 1. The zero-order valence-electron chi connectivity index (χ0n) is 18.1. The van der Waals surface area contributed by atoms with Crippen molar-refractivity contribution in [2.75, 3.05) is 19.7 Å². The minimum Gasteiger partial charge on any atom is -0.368 e. The predicted molar refractivity (Wildman–Crippen MR) is 115 cm³/mol. The van der Waals surface area contributed by atoms with Crippen LogP contribution in [0.2, 0.25) is 0 Å². The molecule has 11 heteroatoms. The van der Waals surface area contributed by atoms with E-state index < -0.39 is 12.1 Å². The Morgan fingerprint density at radius 1 is 1.21 bits per heavy atom. The first-order valence-corrected chi connectivity index (χ1v) is 12.0. The molecule has 0 spiro atoms. The van der Waals surface area contributed by atoms with Crippen molar-refractivity contribution in [3.8, 4) is 0 Å². The first kappa shape index (κ1) is 22.3. The first-order chi connectivity index (χ1) is 15.8. The number of morpholine rings is 1. The molecule has 0 bridgehead atoms. The van der Waals surface area contributed by atoms with Crippen LogP contribution in [0, 0.1) is 12.8 Å². The number of rotatable bonds is 3. The van der Waals surface area contributed by atoms with Gasteiger partial charge in [0.15, 0.2) is 5.65 Å². The van der Waals surface area contributed by atoms with Gasteiger partial charge in [-0.2, -0.15) is 18.3 Å². The quantitative estimate of drug-likeness (QED) is 0.551. The maximum atomic E-state index is 13.0. The number of nitrogens with zero attached hydrogens (tertiary/aromatic N) is 5. The minimum atomic E-state index is -4.13. The molecule has 1 amide bonds. The highest BCUT2D eigenvalue weighted by atomic mass is 32.1. The van der Waals surface area contributed by atoms with Crippen molar-refractivity contribution in [3.63, 3.8) is 0 Å². The maximum absolute atomic E-state index is 13.0. The number of aryl methyl sites for hydroxylation is 1. The smallest absolute Gasteiger partial charge is 0.368 e. The van der Waals surface area contributed by atoms with Gasteiger partial charge >= 0.3 is 6.18 Å². The van der Waals surface area contributed by atoms with E-state index in [1.165, 1.54) is 11.3 Å². The molecule has 176 valence electrons. The lowest BCUT2D eigenvalue weighted by molar-refractivity contribution is -0.182. The molecule has 0 N–H and O–H groups in total. The number of ether oxygens (including phenoxy) is 1. The van der Waals surface area contributed by atoms with Gasteiger partial charge in [0.05, 0.1) is 36.0 Å². The molecule has 4 heterocycles. The molecule has 1 aliphatic carbocycles. The summed E-state index contributed by atoms with van der Waals surface area (Å²) < 4.78 is 46.9. The summed E-state index contributed by atoms with van der Waals surface area (Å²) in [5.41, 5.74) is 5.03. The Labute approximate surface area is 192 Å². The van der Waals surface area contributed by atoms with Crippen LogP contribution in [0.25, 0.3) is 5.65 Å². The first-order valence-electron chi connectivity index (χ1n) is 11.0. The van der Waals surface area contributed by atoms with Crippen LogP contribution in [0.5, 0.6) is 0 Å². The van der Waals surface area contributed by atoms with E-state index in [1.807, 2.05) is 19.1 Å². The summed E-state index contributed by atoms with van der Waals surface area (Å²) in [5.74, 6) is -1.37. The number of aromatic nitrogens is 4. The van der Waals surface area contributed by atoms with Crippen LogP contribution in [0.3, 0.4) is 0 Å². The van der Waals surface area contributed by atoms with Crippen molar-refractivity contribution in [2.24, 2.45) is 5.92 Å². The Balaban J connectivity index is 1.39. The van der Waals surface area contributed by atoms with Crippen molar-refractivity contribution in [1.82, 2.24) is 24.5 Å². The normalized spacial score (nSPS) is 24.4. The molecular weight excluding hydrogens is 455 g/mol. The largest absolute Gasteiger partial charge is 0.391 e. The molecule has 1 atom stereocenters. The number of alkyl halides is 3. The van der Waals surface area contributed by atoms with Gasteiger partial charge in [-0.05, 0) is 38.7 Å². The molecule has 7 nitrogen and oxygen atoms in total. The van der Waals surface area contributed by atoms with Crippen LogP contribution >= 0.6 is 11.3 Å². The number of amides is 1. The van der Waals surface area contributed by atoms with Crippen molar-refractivity contribution in [2.45, 2.75) is 50.8 Å². The number of carbonyl (C=O) groups is 1. The molecule has 2 fully saturated rings. The van der Waals surface area contributed by atoms with Crippen LogP contribution < -0.4 is 0 Å². The topological polar surface area (TPSA) is 72.6 Å². The van der Waals surface area contributed by atoms with Gasteiger partial charge in [0.2, 0.25) is 0 Å². The zero-order valence-corrected chi connectivity index (χ0v) is 18.9. The van der Waals surface area contributed by atoms with Crippen LogP contribution in [-0.4, -0.2) is 56.3 Å². The second-order valence-corrected chi connectivity index (χ2v) is 9.45. The lowest BCUT2D eigenvalue weighted by Crippen LogP contribution is -2.42. The summed E-state index contributed by atoms with van der Waals surface area (Å²) in [5, 5.41) is 6.47. The Kier molecular flexibility index (Phi) is 5.86. The van der Waals surface area contributed by atoms with Gasteiger partial charge in [-0.3, -0.25) is 4.79 Å². The standard InChI is InChI=1S/C22H24F3N5O2S/c1-13-8-18(19-10-29(6-7-32-19)21(31)17-11-33-12-26-17)30-20(27-13)9-16(28-30)14-2-4-15(5-3-14)22(23,24)25/h8-9,11-12,14-15,19H,2-7,10H2,1H3/t14?,15?,19-/m1/s1. The highest BCUT2D eigenvalue weighted by Gasteiger charge is 2.42. The molecule has 1 aliphatic heterocycles. The van der Waals surface area contributed by atoms with Crippen molar-refractivity contribution >= 4 is 22.9 Å². The Morgan fingerprint density at radius 2 is 2.00 bits per heavy atom. The zero-order chi connectivity index (χ0) is 23.2. The second kappa shape index (κ2) is 8.68. The summed E-state index contributed by atoms with van der Waals surface area (Å²) in [7, 11) is 0. The van der Waals surface area contributed by atoms with Gasteiger partial charge < -0.3 is 9.64 Å². The number of thiazole rings is 1. The third-order valence-electron chi connectivity index (χ3n) is 6.55. The minimum absolute atomic E-state index is 0.0199. The molecular formula is C22H24F3N5O2S. The van der Waals surface area contributed by atoms with Crippen molar-refractivity contribution in [3.05, 3.63) is 45.8 Å². The molecule has 0 unspecified atom stereocenters. The van der Waals surface area contributed by atoms with Crippen LogP contribution in [0.1, 0.15) is 65.3 Å². The highest BCUT2D eigenvalue weighted by Crippen LogP contribution is 2.42. The summed E-state index contributed by atoms with van der Waals surface area (Å²) in [6.45, 7) is 3.11. The molecule has 1 saturated carbocycles. The summed E-state index contributed by atoms with van der Waals surface area (Å²) in [6, 6.07) is 3.77. The van der Waals surface area contributed by atoms with Crippen molar-refractivity contribution < 1.29 is 22.7 Å². The third kappa shape index (κ3) is 4.48. The van der Waals surface area contributed by atoms with Crippen LogP contribution in [0.15, 0.2) is 23.0 Å². The number of hydrogen-bond donors (Lipinski definition) is 0. The summed E-state index contributed by atoms with van der Waals surface area (Å²) in [4.78, 5) is 23.2. The fourth-order valence-corrected chi connectivity index (χ4v) is 5.31. The van der Waals surface area contributed by atoms with Crippen LogP contribution in [0.4, 0.5) is 13.2 Å². The lowest BCUT2D eigenvalue weighted by Gasteiger charge is -2.32. The van der Waals surface area contributed by atoms with Gasteiger partial charge in [-0.15, -0.1) is 11.3 Å². The Hall–Kier alpha value is -2.53. The molecule has 3 aromatic rings. The van der Waals surface area contributed by atoms with Gasteiger partial charge in [-0.1, -0.05) is 0 Å². The SMILES string of the molecule is Cc1cc([C@H]2CN(C(=O)c3cscn3)CCO2)n2nc(C3CCC(C(F)(F)F)CC3)cc2n1. The van der Waals surface area contributed by atoms with E-state index in [2.05, 4.69) is 9.97 Å². The van der Waals surface area contributed by atoms with E-state index in [0.717, 1.165) is 17.1 Å². The van der Waals surface area contributed by atoms with E-state index in [4.69, 9.17) is 9.84 Å². The van der Waals surface area contributed by atoms with E-state index >= 15 is 0 Å². The Bertz CT molecular complexity index is 1140. The predicted octanol–water partition coefficient (Wildman–Crippen LogP) is 4.54. The number of halogens is 3. The molecule has 5 rings (SSSR count). The third-order valence-corrected chi connectivity index (χ3v) is 7.13. The van der Waals surface area contributed by atoms with Gasteiger partial charge in [-0.25, -0.2) is 14.5 Å². The molecule has 1 saturated heterocycles. The lowest BCUT2D eigenvalue weighted by atomic mass is 9.80. The average Bonchev–Trinajstić information content (AvgIpc) is 3.48. The number of carbonyl (C=O) groups excluding carboxylic acids is 1. The molecule has 0 aromatic carbocycles. The number of hydrogen-bond acceptors (Lipinski definition) is 6. The molecule has 0 radical (unpaired) electrons.